The first-order valence-electron chi connectivity index (χ1n) is 6.89. The number of nitro benzene ring substituents is 1. The summed E-state index contributed by atoms with van der Waals surface area (Å²) in [6.45, 7) is 3.45. The van der Waals surface area contributed by atoms with Crippen molar-refractivity contribution >= 4 is 17.4 Å². The minimum atomic E-state index is -0.531. The van der Waals surface area contributed by atoms with Crippen LogP contribution in [0.1, 0.15) is 19.8 Å². The van der Waals surface area contributed by atoms with E-state index in [0.717, 1.165) is 12.8 Å². The van der Waals surface area contributed by atoms with Crippen LogP contribution in [0.15, 0.2) is 18.2 Å². The fourth-order valence-corrected chi connectivity index (χ4v) is 2.46. The van der Waals surface area contributed by atoms with Gasteiger partial charge in [0.1, 0.15) is 11.4 Å². The third-order valence-corrected chi connectivity index (χ3v) is 3.59. The average Bonchev–Trinajstić information content (AvgIpc) is 2.47. The highest BCUT2D eigenvalue weighted by atomic mass is 16.6. The van der Waals surface area contributed by atoms with E-state index in [1.807, 2.05) is 0 Å². The van der Waals surface area contributed by atoms with Crippen LogP contribution in [0, 0.1) is 16.0 Å². The molecule has 0 bridgehead atoms. The number of amides is 2. The summed E-state index contributed by atoms with van der Waals surface area (Å²) in [7, 11) is 1.44. The number of rotatable bonds is 3. The Bertz CT molecular complexity index is 547. The van der Waals surface area contributed by atoms with Crippen LogP contribution < -0.4 is 10.1 Å². The van der Waals surface area contributed by atoms with Crippen LogP contribution in [-0.4, -0.2) is 36.1 Å². The second kappa shape index (κ2) is 6.43. The van der Waals surface area contributed by atoms with Gasteiger partial charge in [0.05, 0.1) is 18.1 Å². The number of piperidine rings is 1. The molecule has 2 amide bonds. The van der Waals surface area contributed by atoms with Gasteiger partial charge in [-0.3, -0.25) is 10.1 Å². The Balaban J connectivity index is 2.14. The van der Waals surface area contributed by atoms with E-state index in [2.05, 4.69) is 12.2 Å². The number of urea groups is 1. The predicted molar refractivity (Wildman–Crippen MR) is 78.6 cm³/mol. The van der Waals surface area contributed by atoms with Crippen molar-refractivity contribution < 1.29 is 14.5 Å². The van der Waals surface area contributed by atoms with Crippen molar-refractivity contribution in [1.29, 1.82) is 0 Å². The monoisotopic (exact) mass is 293 g/mol. The Morgan fingerprint density at radius 2 is 2.29 bits per heavy atom. The Morgan fingerprint density at radius 3 is 2.90 bits per heavy atom. The molecule has 1 heterocycles. The first-order chi connectivity index (χ1) is 10.0. The van der Waals surface area contributed by atoms with Gasteiger partial charge in [0.25, 0.3) is 5.69 Å². The molecule has 1 N–H and O–H groups in total. The number of nitrogens with zero attached hydrogens (tertiary/aromatic N) is 2. The van der Waals surface area contributed by atoms with Crippen molar-refractivity contribution in [2.75, 3.05) is 25.5 Å². The molecular formula is C14H19N3O4. The summed E-state index contributed by atoms with van der Waals surface area (Å²) in [5.74, 6) is 0.835. The summed E-state index contributed by atoms with van der Waals surface area (Å²) in [6.07, 6.45) is 2.06. The van der Waals surface area contributed by atoms with Gasteiger partial charge >= 0.3 is 6.03 Å². The zero-order chi connectivity index (χ0) is 15.4. The zero-order valence-electron chi connectivity index (χ0n) is 12.2. The third kappa shape index (κ3) is 3.62. The Kier molecular flexibility index (Phi) is 4.62. The summed E-state index contributed by atoms with van der Waals surface area (Å²) in [5.41, 5.74) is 0.0109. The standard InChI is InChI=1S/C14H19N3O4/c1-10-4-3-7-16(9-10)14(18)15-12-6-5-11(21-2)8-13(12)17(19)20/h5-6,8,10H,3-4,7,9H2,1-2H3,(H,15,18). The van der Waals surface area contributed by atoms with Crippen LogP contribution in [-0.2, 0) is 0 Å². The minimum absolute atomic E-state index is 0.173. The molecular weight excluding hydrogens is 274 g/mol. The molecule has 1 fully saturated rings. The molecule has 7 heteroatoms. The van der Waals surface area contributed by atoms with Crippen LogP contribution >= 0.6 is 0 Å². The molecule has 0 aliphatic carbocycles. The molecule has 1 saturated heterocycles. The van der Waals surface area contributed by atoms with Crippen LogP contribution in [0.3, 0.4) is 0 Å². The van der Waals surface area contributed by atoms with E-state index in [1.54, 1.807) is 11.0 Å². The fourth-order valence-electron chi connectivity index (χ4n) is 2.46. The molecule has 114 valence electrons. The van der Waals surface area contributed by atoms with Crippen LogP contribution in [0.25, 0.3) is 0 Å². The highest BCUT2D eigenvalue weighted by Gasteiger charge is 2.23. The molecule has 1 aromatic carbocycles. The second-order valence-corrected chi connectivity index (χ2v) is 5.26. The highest BCUT2D eigenvalue weighted by Crippen LogP contribution is 2.29. The van der Waals surface area contributed by atoms with Crippen molar-refractivity contribution in [1.82, 2.24) is 4.90 Å². The number of likely N-dealkylation sites (tertiary alicyclic amines) is 1. The molecule has 2 rings (SSSR count). The lowest BCUT2D eigenvalue weighted by Gasteiger charge is -2.30. The Labute approximate surface area is 123 Å². The van der Waals surface area contributed by atoms with Crippen LogP contribution in [0.2, 0.25) is 0 Å². The van der Waals surface area contributed by atoms with E-state index >= 15 is 0 Å². The van der Waals surface area contributed by atoms with E-state index in [-0.39, 0.29) is 17.4 Å². The summed E-state index contributed by atoms with van der Waals surface area (Å²) in [6, 6.07) is 4.08. The van der Waals surface area contributed by atoms with E-state index in [1.165, 1.54) is 19.2 Å². The number of carbonyl (C=O) groups excluding carboxylic acids is 1. The van der Waals surface area contributed by atoms with Crippen molar-refractivity contribution in [2.45, 2.75) is 19.8 Å². The molecule has 1 atom stereocenters. The molecule has 7 nitrogen and oxygen atoms in total. The first-order valence-corrected chi connectivity index (χ1v) is 6.89. The van der Waals surface area contributed by atoms with Gasteiger partial charge in [0.15, 0.2) is 0 Å². The van der Waals surface area contributed by atoms with Gasteiger partial charge in [0, 0.05) is 13.1 Å². The van der Waals surface area contributed by atoms with E-state index in [9.17, 15) is 14.9 Å². The number of methoxy groups -OCH3 is 1. The summed E-state index contributed by atoms with van der Waals surface area (Å²) in [4.78, 5) is 24.5. The number of anilines is 1. The molecule has 0 saturated carbocycles. The lowest BCUT2D eigenvalue weighted by atomic mass is 10.0. The highest BCUT2D eigenvalue weighted by molar-refractivity contribution is 5.92. The van der Waals surface area contributed by atoms with E-state index in [0.29, 0.717) is 24.8 Å². The van der Waals surface area contributed by atoms with Gasteiger partial charge in [0.2, 0.25) is 0 Å². The van der Waals surface area contributed by atoms with Gasteiger partial charge in [-0.1, -0.05) is 6.92 Å². The molecule has 1 aromatic rings. The second-order valence-electron chi connectivity index (χ2n) is 5.26. The molecule has 0 aromatic heterocycles. The van der Waals surface area contributed by atoms with Gasteiger partial charge in [-0.05, 0) is 30.9 Å². The van der Waals surface area contributed by atoms with Crippen LogP contribution in [0.5, 0.6) is 5.75 Å². The number of hydrogen-bond donors (Lipinski definition) is 1. The number of benzene rings is 1. The molecule has 0 radical (unpaired) electrons. The van der Waals surface area contributed by atoms with Gasteiger partial charge in [-0.2, -0.15) is 0 Å². The molecule has 0 spiro atoms. The van der Waals surface area contributed by atoms with Crippen LogP contribution in [0.4, 0.5) is 16.2 Å². The summed E-state index contributed by atoms with van der Waals surface area (Å²) >= 11 is 0. The Hall–Kier alpha value is -2.31. The first kappa shape index (κ1) is 15.1. The van der Waals surface area contributed by atoms with Crippen molar-refractivity contribution in [3.63, 3.8) is 0 Å². The normalized spacial score (nSPS) is 18.2. The lowest BCUT2D eigenvalue weighted by molar-refractivity contribution is -0.384. The van der Waals surface area contributed by atoms with E-state index in [4.69, 9.17) is 4.74 Å². The SMILES string of the molecule is COc1ccc(NC(=O)N2CCCC(C)C2)c([N+](=O)[O-])c1. The number of hydrogen-bond acceptors (Lipinski definition) is 4. The fraction of sp³-hybridized carbons (Fsp3) is 0.500. The lowest BCUT2D eigenvalue weighted by Crippen LogP contribution is -2.41. The number of ether oxygens (including phenoxy) is 1. The molecule has 1 aliphatic heterocycles. The zero-order valence-corrected chi connectivity index (χ0v) is 12.2. The smallest absolute Gasteiger partial charge is 0.322 e. The topological polar surface area (TPSA) is 84.7 Å². The number of nitrogens with one attached hydrogen (secondary N) is 1. The minimum Gasteiger partial charge on any atom is -0.496 e. The third-order valence-electron chi connectivity index (χ3n) is 3.59. The Morgan fingerprint density at radius 1 is 1.52 bits per heavy atom. The predicted octanol–water partition coefficient (Wildman–Crippen LogP) is 2.87. The maximum atomic E-state index is 12.2. The van der Waals surface area contributed by atoms with E-state index < -0.39 is 4.92 Å². The summed E-state index contributed by atoms with van der Waals surface area (Å²) in [5, 5.41) is 13.7. The average molecular weight is 293 g/mol. The van der Waals surface area contributed by atoms with Gasteiger partial charge < -0.3 is 15.0 Å². The quantitative estimate of drug-likeness (QED) is 0.686. The largest absolute Gasteiger partial charge is 0.496 e. The van der Waals surface area contributed by atoms with Gasteiger partial charge in [-0.25, -0.2) is 4.79 Å². The van der Waals surface area contributed by atoms with Gasteiger partial charge in [-0.15, -0.1) is 0 Å². The number of carbonyl (C=O) groups is 1. The van der Waals surface area contributed by atoms with Crippen molar-refractivity contribution in [3.05, 3.63) is 28.3 Å². The molecule has 1 aliphatic rings. The molecule has 1 unspecified atom stereocenters. The van der Waals surface area contributed by atoms with Crippen molar-refractivity contribution in [3.8, 4) is 5.75 Å². The van der Waals surface area contributed by atoms with Crippen molar-refractivity contribution in [2.24, 2.45) is 5.92 Å². The molecule has 21 heavy (non-hydrogen) atoms. The number of nitro groups is 1. The summed E-state index contributed by atoms with van der Waals surface area (Å²) < 4.78 is 4.97. The maximum absolute atomic E-state index is 12.2. The maximum Gasteiger partial charge on any atom is 0.322 e.